The Morgan fingerprint density at radius 2 is 2.20 bits per heavy atom. The van der Waals surface area contributed by atoms with Crippen LogP contribution < -0.4 is 5.73 Å². The van der Waals surface area contributed by atoms with Gasteiger partial charge in [0.05, 0.1) is 7.11 Å². The molecule has 1 aromatic rings. The van der Waals surface area contributed by atoms with Crippen LogP contribution in [0.25, 0.3) is 0 Å². The monoisotopic (exact) mass is 319 g/mol. The van der Waals surface area contributed by atoms with Gasteiger partial charge < -0.3 is 10.5 Å². The highest BCUT2D eigenvalue weighted by Crippen LogP contribution is 2.10. The third kappa shape index (κ3) is 3.79. The molecule has 0 amide bonds. The van der Waals surface area contributed by atoms with Crippen LogP contribution in [0.3, 0.4) is 0 Å². The Bertz CT molecular complexity index is 341. The molecule has 0 saturated heterocycles. The van der Waals surface area contributed by atoms with E-state index in [1.807, 2.05) is 12.1 Å². The molecule has 4 heteroatoms. The molecule has 2 N–H and O–H groups in total. The minimum Gasteiger partial charge on any atom is -0.468 e. The number of hydrogen-bond acceptors (Lipinski definition) is 3. The van der Waals surface area contributed by atoms with Crippen LogP contribution in [0.1, 0.15) is 11.1 Å². The van der Waals surface area contributed by atoms with Gasteiger partial charge in [-0.25, -0.2) is 0 Å². The number of carbonyl (C=O) groups is 1. The molecule has 0 spiro atoms. The Morgan fingerprint density at radius 1 is 1.53 bits per heavy atom. The second-order valence-corrected chi connectivity index (χ2v) is 4.05. The van der Waals surface area contributed by atoms with Gasteiger partial charge in [0, 0.05) is 4.43 Å². The van der Waals surface area contributed by atoms with Crippen molar-refractivity contribution in [2.45, 2.75) is 16.9 Å². The number of alkyl halides is 1. The second kappa shape index (κ2) is 6.07. The minimum atomic E-state index is -0.570. The zero-order valence-corrected chi connectivity index (χ0v) is 10.7. The fraction of sp³-hybridized carbons (Fsp3) is 0.364. The van der Waals surface area contributed by atoms with Crippen LogP contribution in [0.15, 0.2) is 24.3 Å². The highest BCUT2D eigenvalue weighted by atomic mass is 127. The SMILES string of the molecule is COC(=O)[C@@H](N)Cc1cccc(CI)c1. The Labute approximate surface area is 103 Å². The summed E-state index contributed by atoms with van der Waals surface area (Å²) < 4.78 is 5.53. The quantitative estimate of drug-likeness (QED) is 0.522. The molecule has 0 bridgehead atoms. The maximum Gasteiger partial charge on any atom is 0.322 e. The second-order valence-electron chi connectivity index (χ2n) is 3.29. The van der Waals surface area contributed by atoms with E-state index in [-0.39, 0.29) is 5.97 Å². The summed E-state index contributed by atoms with van der Waals surface area (Å²) in [6.07, 6.45) is 0.525. The zero-order valence-electron chi connectivity index (χ0n) is 8.57. The lowest BCUT2D eigenvalue weighted by molar-refractivity contribution is -0.142. The lowest BCUT2D eigenvalue weighted by Crippen LogP contribution is -2.33. The average Bonchev–Trinajstić information content (AvgIpc) is 2.28. The third-order valence-corrected chi connectivity index (χ3v) is 2.99. The first-order valence-electron chi connectivity index (χ1n) is 4.64. The van der Waals surface area contributed by atoms with Crippen molar-refractivity contribution in [2.24, 2.45) is 5.73 Å². The number of methoxy groups -OCH3 is 1. The minimum absolute atomic E-state index is 0.366. The van der Waals surface area contributed by atoms with E-state index >= 15 is 0 Å². The number of halogens is 1. The van der Waals surface area contributed by atoms with Crippen LogP contribution in [-0.2, 0) is 20.4 Å². The molecule has 0 aliphatic rings. The molecule has 0 unspecified atom stereocenters. The lowest BCUT2D eigenvalue weighted by atomic mass is 10.0. The van der Waals surface area contributed by atoms with E-state index in [0.717, 1.165) is 9.99 Å². The summed E-state index contributed by atoms with van der Waals surface area (Å²) in [6.45, 7) is 0. The number of rotatable bonds is 4. The Kier molecular flexibility index (Phi) is 5.04. The van der Waals surface area contributed by atoms with E-state index in [9.17, 15) is 4.79 Å². The summed E-state index contributed by atoms with van der Waals surface area (Å²) in [5.41, 5.74) is 7.99. The zero-order chi connectivity index (χ0) is 11.3. The van der Waals surface area contributed by atoms with E-state index in [2.05, 4.69) is 39.5 Å². The van der Waals surface area contributed by atoms with Crippen LogP contribution >= 0.6 is 22.6 Å². The van der Waals surface area contributed by atoms with Crippen molar-refractivity contribution in [3.63, 3.8) is 0 Å². The first-order chi connectivity index (χ1) is 7.17. The van der Waals surface area contributed by atoms with Gasteiger partial charge in [-0.15, -0.1) is 0 Å². The topological polar surface area (TPSA) is 52.3 Å². The molecular weight excluding hydrogens is 305 g/mol. The molecule has 15 heavy (non-hydrogen) atoms. The highest BCUT2D eigenvalue weighted by molar-refractivity contribution is 14.1. The molecule has 1 atom stereocenters. The van der Waals surface area contributed by atoms with Gasteiger partial charge in [0.1, 0.15) is 6.04 Å². The van der Waals surface area contributed by atoms with Crippen molar-refractivity contribution in [2.75, 3.05) is 7.11 Å². The van der Waals surface area contributed by atoms with Crippen molar-refractivity contribution < 1.29 is 9.53 Å². The Hall–Kier alpha value is -0.620. The number of nitrogens with two attached hydrogens (primary N) is 1. The van der Waals surface area contributed by atoms with E-state index in [0.29, 0.717) is 6.42 Å². The third-order valence-electron chi connectivity index (χ3n) is 2.11. The van der Waals surface area contributed by atoms with Crippen LogP contribution in [0, 0.1) is 0 Å². The summed E-state index contributed by atoms with van der Waals surface area (Å²) in [5.74, 6) is -0.366. The molecular formula is C11H14INO2. The number of carbonyl (C=O) groups excluding carboxylic acids is 1. The molecule has 0 saturated carbocycles. The summed E-state index contributed by atoms with van der Waals surface area (Å²) in [5, 5.41) is 0. The summed E-state index contributed by atoms with van der Waals surface area (Å²) >= 11 is 2.30. The van der Waals surface area contributed by atoms with Crippen LogP contribution in [0.5, 0.6) is 0 Å². The number of ether oxygens (including phenoxy) is 1. The molecule has 0 aliphatic heterocycles. The Morgan fingerprint density at radius 3 is 2.80 bits per heavy atom. The largest absolute Gasteiger partial charge is 0.468 e. The average molecular weight is 319 g/mol. The van der Waals surface area contributed by atoms with Gasteiger partial charge >= 0.3 is 5.97 Å². The van der Waals surface area contributed by atoms with Gasteiger partial charge in [0.25, 0.3) is 0 Å². The smallest absolute Gasteiger partial charge is 0.322 e. The summed E-state index contributed by atoms with van der Waals surface area (Å²) in [7, 11) is 1.35. The Balaban J connectivity index is 2.67. The van der Waals surface area contributed by atoms with Crippen molar-refractivity contribution in [3.8, 4) is 0 Å². The standard InChI is InChI=1S/C11H14INO2/c1-15-11(14)10(13)6-8-3-2-4-9(5-8)7-12/h2-5,10H,6-7,13H2,1H3/t10-/m0/s1. The van der Waals surface area contributed by atoms with Crippen LogP contribution in [-0.4, -0.2) is 19.1 Å². The molecule has 1 aromatic carbocycles. The van der Waals surface area contributed by atoms with E-state index in [1.165, 1.54) is 12.7 Å². The molecule has 82 valence electrons. The van der Waals surface area contributed by atoms with E-state index in [4.69, 9.17) is 5.73 Å². The van der Waals surface area contributed by atoms with Gasteiger partial charge in [0.15, 0.2) is 0 Å². The van der Waals surface area contributed by atoms with Gasteiger partial charge in [-0.1, -0.05) is 46.9 Å². The lowest BCUT2D eigenvalue weighted by Gasteiger charge is -2.09. The van der Waals surface area contributed by atoms with Gasteiger partial charge in [-0.2, -0.15) is 0 Å². The highest BCUT2D eigenvalue weighted by Gasteiger charge is 2.13. The van der Waals surface area contributed by atoms with Gasteiger partial charge in [-0.05, 0) is 17.5 Å². The molecule has 0 radical (unpaired) electrons. The maximum absolute atomic E-state index is 11.1. The molecule has 0 aromatic heterocycles. The summed E-state index contributed by atoms with van der Waals surface area (Å²) in [6, 6.07) is 7.50. The molecule has 3 nitrogen and oxygen atoms in total. The van der Waals surface area contributed by atoms with Gasteiger partial charge in [-0.3, -0.25) is 4.79 Å². The van der Waals surface area contributed by atoms with Crippen molar-refractivity contribution in [1.82, 2.24) is 0 Å². The maximum atomic E-state index is 11.1. The van der Waals surface area contributed by atoms with Crippen LogP contribution in [0.4, 0.5) is 0 Å². The predicted octanol–water partition coefficient (Wildman–Crippen LogP) is 1.66. The summed E-state index contributed by atoms with van der Waals surface area (Å²) in [4.78, 5) is 11.1. The van der Waals surface area contributed by atoms with Gasteiger partial charge in [0.2, 0.25) is 0 Å². The van der Waals surface area contributed by atoms with E-state index < -0.39 is 6.04 Å². The van der Waals surface area contributed by atoms with E-state index in [1.54, 1.807) is 0 Å². The van der Waals surface area contributed by atoms with Crippen molar-refractivity contribution in [1.29, 1.82) is 0 Å². The first kappa shape index (κ1) is 12.4. The number of esters is 1. The first-order valence-corrected chi connectivity index (χ1v) is 6.17. The molecule has 0 aliphatic carbocycles. The predicted molar refractivity (Wildman–Crippen MR) is 67.9 cm³/mol. The fourth-order valence-electron chi connectivity index (χ4n) is 1.33. The van der Waals surface area contributed by atoms with Crippen molar-refractivity contribution >= 4 is 28.6 Å². The number of benzene rings is 1. The van der Waals surface area contributed by atoms with Crippen molar-refractivity contribution in [3.05, 3.63) is 35.4 Å². The number of hydrogen-bond donors (Lipinski definition) is 1. The fourth-order valence-corrected chi connectivity index (χ4v) is 1.80. The molecule has 0 fully saturated rings. The molecule has 1 rings (SSSR count). The van der Waals surface area contributed by atoms with Crippen LogP contribution in [0.2, 0.25) is 0 Å². The molecule has 0 heterocycles. The normalized spacial score (nSPS) is 12.2.